The molecule has 7 rings (SSSR count). The van der Waals surface area contributed by atoms with Gasteiger partial charge in [-0.2, -0.15) is 13.2 Å². The third kappa shape index (κ3) is 5.72. The zero-order valence-corrected chi connectivity index (χ0v) is 23.4. The van der Waals surface area contributed by atoms with Gasteiger partial charge in [0.05, 0.1) is 36.5 Å². The first-order chi connectivity index (χ1) is 21.8. The molecule has 1 amide bonds. The van der Waals surface area contributed by atoms with Crippen molar-refractivity contribution in [3.05, 3.63) is 95.9 Å². The van der Waals surface area contributed by atoms with Gasteiger partial charge in [-0.25, -0.2) is 14.7 Å². The van der Waals surface area contributed by atoms with Crippen LogP contribution in [0.4, 0.5) is 30.7 Å². The second-order valence-corrected chi connectivity index (χ2v) is 10.1. The molecule has 228 valence electrons. The van der Waals surface area contributed by atoms with E-state index in [1.165, 1.54) is 10.7 Å². The highest BCUT2D eigenvalue weighted by Gasteiger charge is 2.33. The number of amides is 1. The zero-order valence-electron chi connectivity index (χ0n) is 23.4. The van der Waals surface area contributed by atoms with Crippen molar-refractivity contribution in [3.63, 3.8) is 0 Å². The molecule has 2 aliphatic rings. The van der Waals surface area contributed by atoms with E-state index in [0.29, 0.717) is 54.8 Å². The Labute approximate surface area is 253 Å². The molecule has 5 aromatic rings. The molecular weight excluding hydrogens is 591 g/mol. The number of rotatable bonds is 6. The summed E-state index contributed by atoms with van der Waals surface area (Å²) in [6.07, 6.45) is -3.01. The number of fused-ring (bicyclic) bond motifs is 1. The van der Waals surface area contributed by atoms with E-state index in [4.69, 9.17) is 14.1 Å². The lowest BCUT2D eigenvalue weighted by atomic mass is 10.0. The second-order valence-electron chi connectivity index (χ2n) is 10.1. The molecule has 2 aromatic carbocycles. The third-order valence-corrected chi connectivity index (χ3v) is 7.22. The number of hydrogen-bond acceptors (Lipinski definition) is 10. The Hall–Kier alpha value is -5.57. The minimum absolute atomic E-state index is 0.0656. The van der Waals surface area contributed by atoms with E-state index in [9.17, 15) is 18.0 Å². The third-order valence-electron chi connectivity index (χ3n) is 7.22. The summed E-state index contributed by atoms with van der Waals surface area (Å²) in [5, 5.41) is 18.8. The van der Waals surface area contributed by atoms with Crippen molar-refractivity contribution in [3.8, 4) is 17.1 Å². The number of nitrogens with zero attached hydrogens (tertiary/aromatic N) is 7. The number of benzene rings is 2. The first-order valence-corrected chi connectivity index (χ1v) is 13.9. The largest absolute Gasteiger partial charge is 0.433 e. The van der Waals surface area contributed by atoms with E-state index >= 15 is 0 Å². The van der Waals surface area contributed by atoms with Gasteiger partial charge in [0.1, 0.15) is 11.3 Å². The maximum Gasteiger partial charge on any atom is 0.433 e. The monoisotopic (exact) mass is 615 g/mol. The number of benzodiazepines with no additional fused rings is 1. The molecule has 5 heterocycles. The molecule has 2 N–H and O–H groups in total. The van der Waals surface area contributed by atoms with Crippen LogP contribution in [0.25, 0.3) is 17.1 Å². The van der Waals surface area contributed by atoms with Gasteiger partial charge in [0.2, 0.25) is 6.17 Å². The lowest BCUT2D eigenvalue weighted by Crippen LogP contribution is -2.36. The predicted octanol–water partition coefficient (Wildman–Crippen LogP) is 4.40. The molecule has 1 saturated heterocycles. The van der Waals surface area contributed by atoms with Crippen LogP contribution in [0.2, 0.25) is 0 Å². The molecule has 45 heavy (non-hydrogen) atoms. The number of pyridine rings is 1. The van der Waals surface area contributed by atoms with Crippen molar-refractivity contribution in [2.24, 2.45) is 4.99 Å². The maximum atomic E-state index is 13.3. The molecule has 0 radical (unpaired) electrons. The normalized spacial score (nSPS) is 16.9. The fourth-order valence-corrected chi connectivity index (χ4v) is 5.03. The molecule has 3 aromatic heterocycles. The van der Waals surface area contributed by atoms with E-state index in [1.54, 1.807) is 12.3 Å². The van der Waals surface area contributed by atoms with Gasteiger partial charge in [-0.3, -0.25) is 4.79 Å². The molecular formula is C30H24F3N9O3. The van der Waals surface area contributed by atoms with Gasteiger partial charge < -0.3 is 24.7 Å². The van der Waals surface area contributed by atoms with Crippen LogP contribution < -0.4 is 15.5 Å². The van der Waals surface area contributed by atoms with Gasteiger partial charge in [0.15, 0.2) is 5.82 Å². The van der Waals surface area contributed by atoms with Crippen molar-refractivity contribution >= 4 is 29.1 Å². The van der Waals surface area contributed by atoms with E-state index in [2.05, 4.69) is 30.9 Å². The minimum Gasteiger partial charge on any atom is -0.403 e. The highest BCUT2D eigenvalue weighted by Crippen LogP contribution is 2.33. The summed E-state index contributed by atoms with van der Waals surface area (Å²) < 4.78 is 52.1. The summed E-state index contributed by atoms with van der Waals surface area (Å²) in [6.45, 7) is 1.97. The van der Waals surface area contributed by atoms with Crippen LogP contribution in [0.3, 0.4) is 0 Å². The number of morpholine rings is 1. The molecule has 12 nitrogen and oxygen atoms in total. The highest BCUT2D eigenvalue weighted by atomic mass is 19.4. The lowest BCUT2D eigenvalue weighted by molar-refractivity contribution is -0.141. The molecule has 0 unspecified atom stereocenters. The Morgan fingerprint density at radius 3 is 2.47 bits per heavy atom. The van der Waals surface area contributed by atoms with Crippen molar-refractivity contribution < 1.29 is 27.1 Å². The van der Waals surface area contributed by atoms with Gasteiger partial charge in [0, 0.05) is 30.4 Å². The first-order valence-electron chi connectivity index (χ1n) is 13.9. The van der Waals surface area contributed by atoms with Gasteiger partial charge in [-0.05, 0) is 18.2 Å². The molecule has 1 fully saturated rings. The molecule has 0 aliphatic carbocycles. The predicted molar refractivity (Wildman–Crippen MR) is 157 cm³/mol. The SMILES string of the molecule is O=C1Nc2ccccc2C(c2ccccc2)=N[C@@H]1Nc1nnc(-c2cn(-c3ccc(C(F)(F)F)nc3)nc2N2CCOCC2)o1. The van der Waals surface area contributed by atoms with E-state index < -0.39 is 23.9 Å². The molecule has 0 spiro atoms. The highest BCUT2D eigenvalue weighted by molar-refractivity contribution is 6.19. The van der Waals surface area contributed by atoms with Crippen LogP contribution in [0.15, 0.2) is 88.5 Å². The number of anilines is 3. The van der Waals surface area contributed by atoms with E-state index in [-0.39, 0.29) is 11.9 Å². The summed E-state index contributed by atoms with van der Waals surface area (Å²) >= 11 is 0. The minimum atomic E-state index is -4.57. The summed E-state index contributed by atoms with van der Waals surface area (Å²) in [6, 6.07) is 19.0. The number of halogens is 3. The first kappa shape index (κ1) is 28.2. The summed E-state index contributed by atoms with van der Waals surface area (Å²) in [4.78, 5) is 23.5. The number of carbonyl (C=O) groups is 1. The van der Waals surface area contributed by atoms with Crippen molar-refractivity contribution in [2.75, 3.05) is 41.8 Å². The van der Waals surface area contributed by atoms with Crippen LogP contribution in [0, 0.1) is 0 Å². The Bertz CT molecular complexity index is 1860. The number of para-hydroxylation sites is 1. The molecule has 2 aliphatic heterocycles. The number of aliphatic imine (C=N–C) groups is 1. The number of aromatic nitrogens is 5. The van der Waals surface area contributed by atoms with Gasteiger partial charge >= 0.3 is 12.2 Å². The number of alkyl halides is 3. The molecule has 1 atom stereocenters. The van der Waals surface area contributed by atoms with Crippen molar-refractivity contribution in [2.45, 2.75) is 12.3 Å². The average Bonchev–Trinajstić information content (AvgIpc) is 3.68. The van der Waals surface area contributed by atoms with E-state index in [1.807, 2.05) is 53.4 Å². The summed E-state index contributed by atoms with van der Waals surface area (Å²) in [5.41, 5.74) is 2.52. The lowest BCUT2D eigenvalue weighted by Gasteiger charge is -2.27. The molecule has 15 heteroatoms. The van der Waals surface area contributed by atoms with Crippen LogP contribution in [0.5, 0.6) is 0 Å². The Balaban J connectivity index is 1.21. The van der Waals surface area contributed by atoms with Crippen LogP contribution in [-0.4, -0.2) is 69.0 Å². The van der Waals surface area contributed by atoms with Gasteiger partial charge in [-0.15, -0.1) is 10.2 Å². The quantitative estimate of drug-likeness (QED) is 0.285. The van der Waals surface area contributed by atoms with Crippen LogP contribution >= 0.6 is 0 Å². The van der Waals surface area contributed by atoms with Crippen LogP contribution in [0.1, 0.15) is 16.8 Å². The maximum absolute atomic E-state index is 13.3. The number of ether oxygens (including phenoxy) is 1. The topological polar surface area (TPSA) is 136 Å². The fraction of sp³-hybridized carbons (Fsp3) is 0.200. The number of hydrogen-bond donors (Lipinski definition) is 2. The van der Waals surface area contributed by atoms with Gasteiger partial charge in [0.25, 0.3) is 11.8 Å². The zero-order chi connectivity index (χ0) is 31.0. The number of nitrogens with one attached hydrogen (secondary N) is 2. The number of carbonyl (C=O) groups excluding carboxylic acids is 1. The summed E-state index contributed by atoms with van der Waals surface area (Å²) in [5.74, 6) is 0.125. The van der Waals surface area contributed by atoms with Crippen molar-refractivity contribution in [1.29, 1.82) is 0 Å². The smallest absolute Gasteiger partial charge is 0.403 e. The standard InChI is InChI=1S/C30H24F3N9O3/c31-30(32,33)23-11-10-19(16-34-23)42-17-21(26(40-42)41-12-14-44-15-13-41)28-38-39-29(45-28)37-25-27(43)35-22-9-5-4-8-20(22)24(36-25)18-6-2-1-3-7-18/h1-11,16-17,25H,12-15H2,(H,35,43)(H,37,39)/t25-/m1/s1. The van der Waals surface area contributed by atoms with Crippen molar-refractivity contribution in [1.82, 2.24) is 25.0 Å². The van der Waals surface area contributed by atoms with Gasteiger partial charge in [-0.1, -0.05) is 53.6 Å². The Morgan fingerprint density at radius 1 is 0.933 bits per heavy atom. The molecule has 0 saturated carbocycles. The second kappa shape index (κ2) is 11.5. The molecule has 0 bridgehead atoms. The Morgan fingerprint density at radius 2 is 1.71 bits per heavy atom. The Kier molecular flexibility index (Phi) is 7.21. The summed E-state index contributed by atoms with van der Waals surface area (Å²) in [7, 11) is 0. The van der Waals surface area contributed by atoms with Crippen LogP contribution in [-0.2, 0) is 15.7 Å². The average molecular weight is 616 g/mol. The van der Waals surface area contributed by atoms with E-state index in [0.717, 1.165) is 23.4 Å². The fourth-order valence-electron chi connectivity index (χ4n) is 5.03.